The third kappa shape index (κ3) is 3.17. The first kappa shape index (κ1) is 14.5. The number of halogens is 2. The van der Waals surface area contributed by atoms with Crippen LogP contribution in [0.4, 0.5) is 10.1 Å². The van der Waals surface area contributed by atoms with Crippen LogP contribution in [0.3, 0.4) is 0 Å². The highest BCUT2D eigenvalue weighted by Gasteiger charge is 2.15. The molecule has 0 radical (unpaired) electrons. The molecule has 0 saturated heterocycles. The summed E-state index contributed by atoms with van der Waals surface area (Å²) in [6.45, 7) is 1.86. The molecule has 0 bridgehead atoms. The Labute approximate surface area is 125 Å². The summed E-state index contributed by atoms with van der Waals surface area (Å²) >= 11 is 3.35. The van der Waals surface area contributed by atoms with Crippen LogP contribution >= 0.6 is 15.9 Å². The fourth-order valence-corrected chi connectivity index (χ4v) is 2.11. The molecule has 3 nitrogen and oxygen atoms in total. The van der Waals surface area contributed by atoms with Crippen LogP contribution in [0.15, 0.2) is 46.9 Å². The van der Waals surface area contributed by atoms with Gasteiger partial charge in [-0.2, -0.15) is 0 Å². The first-order valence-corrected chi connectivity index (χ1v) is 6.88. The van der Waals surface area contributed by atoms with Gasteiger partial charge in [0.15, 0.2) is 0 Å². The molecule has 2 aromatic carbocycles. The molecule has 0 spiro atoms. The van der Waals surface area contributed by atoms with Crippen LogP contribution in [0.1, 0.15) is 28.9 Å². The quantitative estimate of drug-likeness (QED) is 0.840. The minimum Gasteiger partial charge on any atom is -0.396 e. The maximum absolute atomic E-state index is 13.3. The molecule has 0 aliphatic carbocycles. The second-order valence-corrected chi connectivity index (χ2v) is 5.36. The molecule has 2 aromatic rings. The summed E-state index contributed by atoms with van der Waals surface area (Å²) in [4.78, 5) is 12.1. The van der Waals surface area contributed by atoms with E-state index < -0.39 is 11.7 Å². The Morgan fingerprint density at radius 3 is 2.55 bits per heavy atom. The number of carbonyl (C=O) groups excluding carboxylic acids is 1. The summed E-state index contributed by atoms with van der Waals surface area (Å²) in [6.07, 6.45) is 0. The number of nitrogen functional groups attached to an aromatic ring is 1. The predicted molar refractivity (Wildman–Crippen MR) is 80.8 cm³/mol. The molecule has 1 atom stereocenters. The molecule has 3 N–H and O–H groups in total. The standard InChI is InChI=1S/C15H14BrFN2O/c1-9(10-5-7-11(16)8-6-10)19-15(20)12-3-2-4-13(17)14(12)18/h2-9H,18H2,1H3,(H,19,20). The van der Waals surface area contributed by atoms with E-state index in [2.05, 4.69) is 21.2 Å². The lowest BCUT2D eigenvalue weighted by molar-refractivity contribution is 0.0940. The number of nitrogens with one attached hydrogen (secondary N) is 1. The van der Waals surface area contributed by atoms with Crippen molar-refractivity contribution in [2.45, 2.75) is 13.0 Å². The third-order valence-electron chi connectivity index (χ3n) is 3.02. The molecule has 5 heteroatoms. The molecule has 0 saturated carbocycles. The van der Waals surface area contributed by atoms with E-state index in [-0.39, 0.29) is 17.3 Å². The Balaban J connectivity index is 2.15. The van der Waals surface area contributed by atoms with Crippen molar-refractivity contribution < 1.29 is 9.18 Å². The van der Waals surface area contributed by atoms with Crippen molar-refractivity contribution in [1.82, 2.24) is 5.32 Å². The van der Waals surface area contributed by atoms with Gasteiger partial charge < -0.3 is 11.1 Å². The van der Waals surface area contributed by atoms with Gasteiger partial charge in [-0.25, -0.2) is 4.39 Å². The second kappa shape index (κ2) is 6.05. The topological polar surface area (TPSA) is 55.1 Å². The van der Waals surface area contributed by atoms with Gasteiger partial charge in [0.05, 0.1) is 17.3 Å². The van der Waals surface area contributed by atoms with Gasteiger partial charge >= 0.3 is 0 Å². The van der Waals surface area contributed by atoms with Gasteiger partial charge in [0.1, 0.15) is 5.82 Å². The van der Waals surface area contributed by atoms with Crippen LogP contribution in [0.5, 0.6) is 0 Å². The Hall–Kier alpha value is -1.88. The van der Waals surface area contributed by atoms with Gasteiger partial charge in [-0.05, 0) is 36.8 Å². The van der Waals surface area contributed by atoms with E-state index in [1.165, 1.54) is 18.2 Å². The average molecular weight is 337 g/mol. The highest BCUT2D eigenvalue weighted by molar-refractivity contribution is 9.10. The lowest BCUT2D eigenvalue weighted by Gasteiger charge is -2.15. The van der Waals surface area contributed by atoms with Gasteiger partial charge in [0, 0.05) is 4.47 Å². The Morgan fingerprint density at radius 1 is 1.25 bits per heavy atom. The minimum atomic E-state index is -0.589. The van der Waals surface area contributed by atoms with Crippen LogP contribution in [-0.4, -0.2) is 5.91 Å². The van der Waals surface area contributed by atoms with Gasteiger partial charge in [-0.3, -0.25) is 4.79 Å². The maximum Gasteiger partial charge on any atom is 0.253 e. The second-order valence-electron chi connectivity index (χ2n) is 4.45. The van der Waals surface area contributed by atoms with E-state index in [1.807, 2.05) is 31.2 Å². The van der Waals surface area contributed by atoms with Crippen LogP contribution in [0.2, 0.25) is 0 Å². The highest BCUT2D eigenvalue weighted by Crippen LogP contribution is 2.19. The smallest absolute Gasteiger partial charge is 0.253 e. The molecule has 0 aliphatic heterocycles. The van der Waals surface area contributed by atoms with Crippen molar-refractivity contribution in [2.75, 3.05) is 5.73 Å². The molecule has 20 heavy (non-hydrogen) atoms. The van der Waals surface area contributed by atoms with Crippen molar-refractivity contribution in [2.24, 2.45) is 0 Å². The van der Waals surface area contributed by atoms with E-state index in [0.29, 0.717) is 0 Å². The largest absolute Gasteiger partial charge is 0.396 e. The normalized spacial score (nSPS) is 11.9. The zero-order chi connectivity index (χ0) is 14.7. The van der Waals surface area contributed by atoms with Gasteiger partial charge in [0.25, 0.3) is 5.91 Å². The monoisotopic (exact) mass is 336 g/mol. The first-order valence-electron chi connectivity index (χ1n) is 6.09. The van der Waals surface area contributed by atoms with Crippen molar-refractivity contribution in [3.63, 3.8) is 0 Å². The van der Waals surface area contributed by atoms with Crippen molar-refractivity contribution in [3.05, 3.63) is 63.9 Å². The average Bonchev–Trinajstić information content (AvgIpc) is 2.42. The number of rotatable bonds is 3. The fourth-order valence-electron chi connectivity index (χ4n) is 1.84. The minimum absolute atomic E-state index is 0.131. The van der Waals surface area contributed by atoms with Crippen LogP contribution in [0.25, 0.3) is 0 Å². The van der Waals surface area contributed by atoms with E-state index in [4.69, 9.17) is 5.73 Å². The summed E-state index contributed by atoms with van der Waals surface area (Å²) in [5, 5.41) is 2.80. The molecule has 1 unspecified atom stereocenters. The van der Waals surface area contributed by atoms with Crippen LogP contribution < -0.4 is 11.1 Å². The molecule has 0 aromatic heterocycles. The van der Waals surface area contributed by atoms with Crippen molar-refractivity contribution >= 4 is 27.5 Å². The Morgan fingerprint density at radius 2 is 1.90 bits per heavy atom. The molecule has 0 aliphatic rings. The number of nitrogens with two attached hydrogens (primary N) is 1. The summed E-state index contributed by atoms with van der Waals surface area (Å²) in [5.41, 5.74) is 6.55. The van der Waals surface area contributed by atoms with E-state index in [9.17, 15) is 9.18 Å². The maximum atomic E-state index is 13.3. The zero-order valence-electron chi connectivity index (χ0n) is 10.9. The van der Waals surface area contributed by atoms with Crippen molar-refractivity contribution in [3.8, 4) is 0 Å². The predicted octanol–water partition coefficient (Wildman–Crippen LogP) is 3.66. The number of carbonyl (C=O) groups is 1. The SMILES string of the molecule is CC(NC(=O)c1cccc(F)c1N)c1ccc(Br)cc1. The number of hydrogen-bond donors (Lipinski definition) is 2. The molecular formula is C15H14BrFN2O. The van der Waals surface area contributed by atoms with Gasteiger partial charge in [0.2, 0.25) is 0 Å². The van der Waals surface area contributed by atoms with Gasteiger partial charge in [-0.15, -0.1) is 0 Å². The van der Waals surface area contributed by atoms with Crippen LogP contribution in [0, 0.1) is 5.82 Å². The molecule has 0 fully saturated rings. The lowest BCUT2D eigenvalue weighted by Crippen LogP contribution is -2.27. The molecular weight excluding hydrogens is 323 g/mol. The molecule has 2 rings (SSSR count). The Kier molecular flexibility index (Phi) is 4.39. The highest BCUT2D eigenvalue weighted by atomic mass is 79.9. The number of amides is 1. The van der Waals surface area contributed by atoms with Crippen molar-refractivity contribution in [1.29, 1.82) is 0 Å². The summed E-state index contributed by atoms with van der Waals surface area (Å²) in [6, 6.07) is 11.6. The first-order chi connectivity index (χ1) is 9.49. The fraction of sp³-hybridized carbons (Fsp3) is 0.133. The Bertz CT molecular complexity index is 628. The number of benzene rings is 2. The van der Waals surface area contributed by atoms with E-state index in [0.717, 1.165) is 10.0 Å². The van der Waals surface area contributed by atoms with E-state index in [1.54, 1.807) is 0 Å². The summed E-state index contributed by atoms with van der Waals surface area (Å²) < 4.78 is 14.3. The summed E-state index contributed by atoms with van der Waals surface area (Å²) in [7, 11) is 0. The lowest BCUT2D eigenvalue weighted by atomic mass is 10.1. The van der Waals surface area contributed by atoms with Crippen LogP contribution in [-0.2, 0) is 0 Å². The molecule has 104 valence electrons. The molecule has 0 heterocycles. The number of hydrogen-bond acceptors (Lipinski definition) is 2. The van der Waals surface area contributed by atoms with E-state index >= 15 is 0 Å². The zero-order valence-corrected chi connectivity index (χ0v) is 12.4. The number of para-hydroxylation sites is 1. The van der Waals surface area contributed by atoms with Gasteiger partial charge in [-0.1, -0.05) is 34.1 Å². The molecule has 1 amide bonds. The third-order valence-corrected chi connectivity index (χ3v) is 3.54. The summed E-state index contributed by atoms with van der Waals surface area (Å²) in [5.74, 6) is -0.980. The number of anilines is 1.